The summed E-state index contributed by atoms with van der Waals surface area (Å²) in [6.07, 6.45) is 0. The van der Waals surface area contributed by atoms with Crippen molar-refractivity contribution in [3.05, 3.63) is 18.2 Å². The molecule has 1 N–H and O–H groups in total. The minimum Gasteiger partial charge on any atom is -0.493 e. The van der Waals surface area contributed by atoms with Gasteiger partial charge >= 0.3 is 0 Å². The fourth-order valence-corrected chi connectivity index (χ4v) is 2.94. The van der Waals surface area contributed by atoms with E-state index in [2.05, 4.69) is 4.98 Å². The highest BCUT2D eigenvalue weighted by Crippen LogP contribution is 2.49. The van der Waals surface area contributed by atoms with Crippen LogP contribution in [0, 0.1) is 0 Å². The maximum atomic E-state index is 5.52. The van der Waals surface area contributed by atoms with Gasteiger partial charge in [0.2, 0.25) is 12.5 Å². The lowest BCUT2D eigenvalue weighted by molar-refractivity contribution is 0.171. The molecule has 2 heterocycles. The molecule has 6 heteroatoms. The van der Waals surface area contributed by atoms with Crippen LogP contribution in [0.4, 0.5) is 0 Å². The van der Waals surface area contributed by atoms with Crippen LogP contribution in [0.25, 0.3) is 21.8 Å². The highest BCUT2D eigenvalue weighted by atomic mass is 16.7. The van der Waals surface area contributed by atoms with Crippen molar-refractivity contribution in [2.24, 2.45) is 0 Å². The molecule has 0 amide bonds. The standard InChI is InChI=1S/C16H15NO5/c1-18-10-5-4-8-9-6-11-15(22-7-21-11)16(20-3)13(9)17-12(8)14(10)19-2/h4-6,17H,7H2,1-3H3. The second kappa shape index (κ2) is 4.62. The number of H-pyrrole nitrogens is 1. The Hall–Kier alpha value is -2.76. The SMILES string of the molecule is COc1ccc2c([nH]c3c(OC)c4c(cc32)OCO4)c1OC. The quantitative estimate of drug-likeness (QED) is 0.805. The fraction of sp³-hybridized carbons (Fsp3) is 0.250. The van der Waals surface area contributed by atoms with Crippen LogP contribution in [0.5, 0.6) is 28.7 Å². The Bertz CT molecular complexity index is 883. The minimum atomic E-state index is 0.202. The van der Waals surface area contributed by atoms with Gasteiger partial charge in [0, 0.05) is 10.8 Å². The Kier molecular flexibility index (Phi) is 2.72. The van der Waals surface area contributed by atoms with Gasteiger partial charge in [-0.25, -0.2) is 0 Å². The summed E-state index contributed by atoms with van der Waals surface area (Å²) in [5, 5.41) is 1.99. The van der Waals surface area contributed by atoms with Gasteiger partial charge in [0.15, 0.2) is 23.0 Å². The maximum Gasteiger partial charge on any atom is 0.231 e. The molecule has 2 aromatic carbocycles. The molecule has 0 atom stereocenters. The zero-order chi connectivity index (χ0) is 15.3. The van der Waals surface area contributed by atoms with Crippen molar-refractivity contribution in [2.45, 2.75) is 0 Å². The highest BCUT2D eigenvalue weighted by molar-refractivity contribution is 6.13. The third-order valence-electron chi connectivity index (χ3n) is 3.91. The Labute approximate surface area is 126 Å². The van der Waals surface area contributed by atoms with Crippen LogP contribution in [-0.2, 0) is 0 Å². The van der Waals surface area contributed by atoms with Gasteiger partial charge in [0.25, 0.3) is 0 Å². The number of ether oxygens (including phenoxy) is 5. The van der Waals surface area contributed by atoms with Gasteiger partial charge in [0.1, 0.15) is 0 Å². The van der Waals surface area contributed by atoms with Crippen LogP contribution in [0.1, 0.15) is 0 Å². The van der Waals surface area contributed by atoms with Crippen LogP contribution in [0.15, 0.2) is 18.2 Å². The molecule has 1 aliphatic heterocycles. The van der Waals surface area contributed by atoms with Crippen LogP contribution < -0.4 is 23.7 Å². The van der Waals surface area contributed by atoms with Crippen molar-refractivity contribution in [1.82, 2.24) is 4.98 Å². The van der Waals surface area contributed by atoms with Crippen LogP contribution >= 0.6 is 0 Å². The molecule has 0 spiro atoms. The highest BCUT2D eigenvalue weighted by Gasteiger charge is 2.25. The number of aromatic amines is 1. The fourth-order valence-electron chi connectivity index (χ4n) is 2.94. The molecule has 1 aromatic heterocycles. The third-order valence-corrected chi connectivity index (χ3v) is 3.91. The lowest BCUT2D eigenvalue weighted by atomic mass is 10.1. The van der Waals surface area contributed by atoms with E-state index in [1.54, 1.807) is 21.3 Å². The number of nitrogens with one attached hydrogen (secondary N) is 1. The van der Waals surface area contributed by atoms with E-state index >= 15 is 0 Å². The summed E-state index contributed by atoms with van der Waals surface area (Å²) in [5.74, 6) is 3.25. The molecular formula is C16H15NO5. The van der Waals surface area contributed by atoms with E-state index < -0.39 is 0 Å². The predicted octanol–water partition coefficient (Wildman–Crippen LogP) is 3.08. The first-order chi connectivity index (χ1) is 10.8. The number of hydrogen-bond acceptors (Lipinski definition) is 5. The number of methoxy groups -OCH3 is 3. The smallest absolute Gasteiger partial charge is 0.231 e. The van der Waals surface area contributed by atoms with Crippen molar-refractivity contribution in [2.75, 3.05) is 28.1 Å². The number of rotatable bonds is 3. The lowest BCUT2D eigenvalue weighted by Crippen LogP contribution is -1.94. The van der Waals surface area contributed by atoms with E-state index in [4.69, 9.17) is 23.7 Å². The van der Waals surface area contributed by atoms with E-state index in [9.17, 15) is 0 Å². The molecule has 4 rings (SSSR count). The summed E-state index contributed by atoms with van der Waals surface area (Å²) in [5.41, 5.74) is 1.69. The average Bonchev–Trinajstić information content (AvgIpc) is 3.15. The van der Waals surface area contributed by atoms with Gasteiger partial charge in [-0.15, -0.1) is 0 Å². The monoisotopic (exact) mass is 301 g/mol. The van der Waals surface area contributed by atoms with Crippen LogP contribution in [-0.4, -0.2) is 33.1 Å². The molecule has 0 fully saturated rings. The number of benzene rings is 2. The summed E-state index contributed by atoms with van der Waals surface area (Å²) >= 11 is 0. The van der Waals surface area contributed by atoms with Gasteiger partial charge < -0.3 is 28.7 Å². The lowest BCUT2D eigenvalue weighted by Gasteiger charge is -2.07. The Morgan fingerprint density at radius 1 is 0.909 bits per heavy atom. The Morgan fingerprint density at radius 2 is 1.68 bits per heavy atom. The largest absolute Gasteiger partial charge is 0.493 e. The molecule has 1 aliphatic rings. The first kappa shape index (κ1) is 12.9. The molecule has 0 saturated heterocycles. The first-order valence-electron chi connectivity index (χ1n) is 6.81. The molecule has 0 bridgehead atoms. The summed E-state index contributed by atoms with van der Waals surface area (Å²) in [7, 11) is 4.84. The molecule has 114 valence electrons. The third kappa shape index (κ3) is 1.55. The molecule has 0 radical (unpaired) electrons. The number of hydrogen-bond donors (Lipinski definition) is 1. The Morgan fingerprint density at radius 3 is 2.41 bits per heavy atom. The molecule has 0 aliphatic carbocycles. The first-order valence-corrected chi connectivity index (χ1v) is 6.81. The summed E-state index contributed by atoms with van der Waals surface area (Å²) < 4.78 is 27.4. The van der Waals surface area contributed by atoms with E-state index in [1.807, 2.05) is 18.2 Å². The predicted molar refractivity (Wildman–Crippen MR) is 81.6 cm³/mol. The van der Waals surface area contributed by atoms with Gasteiger partial charge in [-0.05, 0) is 18.2 Å². The molecule has 0 unspecified atom stereocenters. The molecule has 0 saturated carbocycles. The van der Waals surface area contributed by atoms with Crippen LogP contribution in [0.2, 0.25) is 0 Å². The molecule has 3 aromatic rings. The number of aromatic nitrogens is 1. The number of fused-ring (bicyclic) bond motifs is 4. The molecule has 6 nitrogen and oxygen atoms in total. The maximum absolute atomic E-state index is 5.52. The van der Waals surface area contributed by atoms with Gasteiger partial charge in [-0.1, -0.05) is 0 Å². The molecular weight excluding hydrogens is 286 g/mol. The van der Waals surface area contributed by atoms with E-state index in [1.165, 1.54) is 0 Å². The van der Waals surface area contributed by atoms with Crippen molar-refractivity contribution < 1.29 is 23.7 Å². The average molecular weight is 301 g/mol. The van der Waals surface area contributed by atoms with Gasteiger partial charge in [0.05, 0.1) is 32.4 Å². The van der Waals surface area contributed by atoms with E-state index in [0.29, 0.717) is 28.7 Å². The van der Waals surface area contributed by atoms with Gasteiger partial charge in [-0.3, -0.25) is 0 Å². The van der Waals surface area contributed by atoms with Gasteiger partial charge in [-0.2, -0.15) is 0 Å². The summed E-state index contributed by atoms with van der Waals surface area (Å²) in [4.78, 5) is 3.36. The zero-order valence-electron chi connectivity index (χ0n) is 12.5. The minimum absolute atomic E-state index is 0.202. The summed E-state index contributed by atoms with van der Waals surface area (Å²) in [6.45, 7) is 0.202. The Balaban J connectivity index is 2.14. The van der Waals surface area contributed by atoms with Crippen molar-refractivity contribution in [3.8, 4) is 28.7 Å². The van der Waals surface area contributed by atoms with Crippen molar-refractivity contribution >= 4 is 21.8 Å². The zero-order valence-corrected chi connectivity index (χ0v) is 12.5. The topological polar surface area (TPSA) is 61.9 Å². The normalized spacial score (nSPS) is 12.9. The van der Waals surface area contributed by atoms with E-state index in [-0.39, 0.29) is 6.79 Å². The molecule has 22 heavy (non-hydrogen) atoms. The van der Waals surface area contributed by atoms with E-state index in [0.717, 1.165) is 21.8 Å². The van der Waals surface area contributed by atoms with Crippen molar-refractivity contribution in [3.63, 3.8) is 0 Å². The van der Waals surface area contributed by atoms with Crippen LogP contribution in [0.3, 0.4) is 0 Å². The second-order valence-electron chi connectivity index (χ2n) is 4.91. The van der Waals surface area contributed by atoms with Crippen molar-refractivity contribution in [1.29, 1.82) is 0 Å². The summed E-state index contributed by atoms with van der Waals surface area (Å²) in [6, 6.07) is 5.81. The second-order valence-corrected chi connectivity index (χ2v) is 4.91.